The number of aromatic amines is 1. The Hall–Kier alpha value is -2.37. The average molecular weight is 266 g/mol. The molecule has 1 aromatic carbocycles. The van der Waals surface area contributed by atoms with E-state index in [1.165, 1.54) is 0 Å². The van der Waals surface area contributed by atoms with Crippen LogP contribution in [0.5, 0.6) is 0 Å². The predicted molar refractivity (Wildman–Crippen MR) is 65.8 cm³/mol. The van der Waals surface area contributed by atoms with E-state index in [0.717, 1.165) is 18.9 Å². The molecule has 0 spiro atoms. The Morgan fingerprint density at radius 1 is 1.37 bits per heavy atom. The SMILES string of the molecule is COC(=O)c1cc(NCc2ccc[nH]2)c(F)cc1F. The molecule has 0 fully saturated rings. The van der Waals surface area contributed by atoms with E-state index >= 15 is 0 Å². The first-order valence-corrected chi connectivity index (χ1v) is 5.55. The zero-order valence-corrected chi connectivity index (χ0v) is 10.2. The van der Waals surface area contributed by atoms with Crippen molar-refractivity contribution in [2.45, 2.75) is 6.54 Å². The monoisotopic (exact) mass is 266 g/mol. The van der Waals surface area contributed by atoms with Gasteiger partial charge in [-0.1, -0.05) is 0 Å². The van der Waals surface area contributed by atoms with Crippen LogP contribution in [0, 0.1) is 11.6 Å². The molecule has 0 aliphatic carbocycles. The predicted octanol–water partition coefficient (Wildman–Crippen LogP) is 2.69. The molecule has 4 nitrogen and oxygen atoms in total. The zero-order chi connectivity index (χ0) is 13.8. The van der Waals surface area contributed by atoms with Crippen molar-refractivity contribution in [3.63, 3.8) is 0 Å². The highest BCUT2D eigenvalue weighted by atomic mass is 19.1. The number of ether oxygens (including phenoxy) is 1. The minimum absolute atomic E-state index is 0.0383. The first-order chi connectivity index (χ1) is 9.11. The second-order valence-corrected chi connectivity index (χ2v) is 3.85. The van der Waals surface area contributed by atoms with Crippen LogP contribution in [0.4, 0.5) is 14.5 Å². The first kappa shape index (κ1) is 13.1. The Morgan fingerprint density at radius 3 is 2.79 bits per heavy atom. The van der Waals surface area contributed by atoms with Gasteiger partial charge in [0.1, 0.15) is 11.6 Å². The summed E-state index contributed by atoms with van der Waals surface area (Å²) in [6.45, 7) is 0.330. The van der Waals surface area contributed by atoms with Gasteiger partial charge in [-0.2, -0.15) is 0 Å². The van der Waals surface area contributed by atoms with E-state index < -0.39 is 17.6 Å². The van der Waals surface area contributed by atoms with E-state index in [0.29, 0.717) is 12.6 Å². The molecule has 1 heterocycles. The molecular weight excluding hydrogens is 254 g/mol. The quantitative estimate of drug-likeness (QED) is 0.836. The van der Waals surface area contributed by atoms with Crippen molar-refractivity contribution < 1.29 is 18.3 Å². The minimum Gasteiger partial charge on any atom is -0.465 e. The number of aromatic nitrogens is 1. The average Bonchev–Trinajstić information content (AvgIpc) is 2.90. The number of halogens is 2. The normalized spacial score (nSPS) is 10.3. The third-order valence-corrected chi connectivity index (χ3v) is 2.59. The van der Waals surface area contributed by atoms with Gasteiger partial charge in [0.15, 0.2) is 0 Å². The molecule has 100 valence electrons. The number of benzene rings is 1. The zero-order valence-electron chi connectivity index (χ0n) is 10.2. The molecule has 0 aliphatic rings. The van der Waals surface area contributed by atoms with Gasteiger partial charge in [0.2, 0.25) is 0 Å². The first-order valence-electron chi connectivity index (χ1n) is 5.55. The largest absolute Gasteiger partial charge is 0.465 e. The van der Waals surface area contributed by atoms with E-state index in [1.54, 1.807) is 12.3 Å². The second kappa shape index (κ2) is 5.51. The topological polar surface area (TPSA) is 54.1 Å². The molecule has 2 N–H and O–H groups in total. The molecule has 6 heteroatoms. The third kappa shape index (κ3) is 2.90. The molecule has 1 aromatic heterocycles. The van der Waals surface area contributed by atoms with Crippen LogP contribution in [0.25, 0.3) is 0 Å². The van der Waals surface area contributed by atoms with Crippen molar-refractivity contribution in [3.05, 3.63) is 53.4 Å². The lowest BCUT2D eigenvalue weighted by Gasteiger charge is -2.09. The van der Waals surface area contributed by atoms with Crippen molar-refractivity contribution in [2.24, 2.45) is 0 Å². The van der Waals surface area contributed by atoms with Gasteiger partial charge in [-0.3, -0.25) is 0 Å². The maximum atomic E-state index is 13.6. The van der Waals surface area contributed by atoms with Gasteiger partial charge in [0.25, 0.3) is 0 Å². The fourth-order valence-corrected chi connectivity index (χ4v) is 1.62. The molecule has 19 heavy (non-hydrogen) atoms. The van der Waals surface area contributed by atoms with Crippen molar-refractivity contribution >= 4 is 11.7 Å². The lowest BCUT2D eigenvalue weighted by atomic mass is 10.1. The Morgan fingerprint density at radius 2 is 2.16 bits per heavy atom. The number of nitrogens with one attached hydrogen (secondary N) is 2. The van der Waals surface area contributed by atoms with Crippen LogP contribution in [0.1, 0.15) is 16.1 Å². The summed E-state index contributed by atoms with van der Waals surface area (Å²) < 4.78 is 31.4. The van der Waals surface area contributed by atoms with E-state index in [4.69, 9.17) is 0 Å². The molecule has 0 radical (unpaired) electrons. The summed E-state index contributed by atoms with van der Waals surface area (Å²) in [6.07, 6.45) is 1.73. The minimum atomic E-state index is -0.949. The molecule has 0 aliphatic heterocycles. The van der Waals surface area contributed by atoms with Gasteiger partial charge >= 0.3 is 5.97 Å². The number of hydrogen-bond donors (Lipinski definition) is 2. The summed E-state index contributed by atoms with van der Waals surface area (Å²) in [5.41, 5.74) is 0.567. The van der Waals surface area contributed by atoms with E-state index in [9.17, 15) is 13.6 Å². The molecule has 2 rings (SSSR count). The molecule has 0 amide bonds. The van der Waals surface area contributed by atoms with Crippen LogP contribution >= 0.6 is 0 Å². The Kier molecular flexibility index (Phi) is 3.79. The van der Waals surface area contributed by atoms with Gasteiger partial charge in [-0.05, 0) is 18.2 Å². The van der Waals surface area contributed by atoms with Gasteiger partial charge in [0, 0.05) is 18.0 Å². The van der Waals surface area contributed by atoms with E-state index in [2.05, 4.69) is 15.0 Å². The second-order valence-electron chi connectivity index (χ2n) is 3.85. The van der Waals surface area contributed by atoms with Crippen molar-refractivity contribution in [1.82, 2.24) is 4.98 Å². The van der Waals surface area contributed by atoms with Crippen LogP contribution in [0.3, 0.4) is 0 Å². The summed E-state index contributed by atoms with van der Waals surface area (Å²) >= 11 is 0. The standard InChI is InChI=1S/C13H12F2N2O2/c1-19-13(18)9-5-12(11(15)6-10(9)14)17-7-8-3-2-4-16-8/h2-6,16-17H,7H2,1H3. The van der Waals surface area contributed by atoms with Crippen LogP contribution in [0.2, 0.25) is 0 Å². The fraction of sp³-hybridized carbons (Fsp3) is 0.154. The highest BCUT2D eigenvalue weighted by Crippen LogP contribution is 2.20. The number of hydrogen-bond acceptors (Lipinski definition) is 3. The maximum absolute atomic E-state index is 13.6. The molecule has 2 aromatic rings. The summed E-state index contributed by atoms with van der Waals surface area (Å²) in [6, 6.07) is 5.37. The molecule has 0 saturated heterocycles. The van der Waals surface area contributed by atoms with Crippen LogP contribution in [-0.4, -0.2) is 18.1 Å². The van der Waals surface area contributed by atoms with Gasteiger partial charge < -0.3 is 15.0 Å². The van der Waals surface area contributed by atoms with Crippen molar-refractivity contribution in [3.8, 4) is 0 Å². The maximum Gasteiger partial charge on any atom is 0.340 e. The van der Waals surface area contributed by atoms with E-state index in [1.807, 2.05) is 6.07 Å². The number of methoxy groups -OCH3 is 1. The van der Waals surface area contributed by atoms with Gasteiger partial charge in [-0.25, -0.2) is 13.6 Å². The molecule has 0 saturated carbocycles. The summed E-state index contributed by atoms with van der Waals surface area (Å²) in [7, 11) is 1.14. The number of rotatable bonds is 4. The Bertz CT molecular complexity index is 583. The van der Waals surface area contributed by atoms with Gasteiger partial charge in [0.05, 0.1) is 24.9 Å². The van der Waals surface area contributed by atoms with Gasteiger partial charge in [-0.15, -0.1) is 0 Å². The lowest BCUT2D eigenvalue weighted by molar-refractivity contribution is 0.0595. The van der Waals surface area contributed by atoms with Crippen molar-refractivity contribution in [2.75, 3.05) is 12.4 Å². The number of H-pyrrole nitrogens is 1. The smallest absolute Gasteiger partial charge is 0.340 e. The summed E-state index contributed by atoms with van der Waals surface area (Å²) in [5.74, 6) is -2.56. The summed E-state index contributed by atoms with van der Waals surface area (Å²) in [4.78, 5) is 14.2. The van der Waals surface area contributed by atoms with Crippen LogP contribution < -0.4 is 5.32 Å². The number of carbonyl (C=O) groups is 1. The number of anilines is 1. The lowest BCUT2D eigenvalue weighted by Crippen LogP contribution is -2.08. The summed E-state index contributed by atoms with van der Waals surface area (Å²) in [5, 5.41) is 2.78. The van der Waals surface area contributed by atoms with Crippen molar-refractivity contribution in [1.29, 1.82) is 0 Å². The number of carbonyl (C=O) groups excluding carboxylic acids is 1. The number of esters is 1. The molecule has 0 bridgehead atoms. The molecule has 0 atom stereocenters. The Balaban J connectivity index is 2.22. The fourth-order valence-electron chi connectivity index (χ4n) is 1.62. The highest BCUT2D eigenvalue weighted by Gasteiger charge is 2.16. The van der Waals surface area contributed by atoms with E-state index in [-0.39, 0.29) is 11.3 Å². The molecule has 0 unspecified atom stereocenters. The Labute approximate surface area is 108 Å². The van der Waals surface area contributed by atoms with Crippen LogP contribution in [-0.2, 0) is 11.3 Å². The third-order valence-electron chi connectivity index (χ3n) is 2.59. The van der Waals surface area contributed by atoms with Crippen LogP contribution in [0.15, 0.2) is 30.5 Å². The highest BCUT2D eigenvalue weighted by molar-refractivity contribution is 5.90. The molecular formula is C13H12F2N2O2.